The first-order valence-corrected chi connectivity index (χ1v) is 6.12. The van der Waals surface area contributed by atoms with Gasteiger partial charge in [-0.15, -0.1) is 0 Å². The Morgan fingerprint density at radius 1 is 1.25 bits per heavy atom. The fraction of sp³-hybridized carbons (Fsp3) is 0.125. The maximum atomic E-state index is 13.5. The van der Waals surface area contributed by atoms with Gasteiger partial charge in [0.1, 0.15) is 5.82 Å². The summed E-state index contributed by atoms with van der Waals surface area (Å²) in [4.78, 5) is 13.6. The first-order valence-electron chi connectivity index (χ1n) is 6.12. The van der Waals surface area contributed by atoms with Gasteiger partial charge < -0.3 is 4.90 Å². The first kappa shape index (κ1) is 13.8. The molecular formula is C16H13FN2O. The minimum Gasteiger partial charge on any atom is -0.315 e. The molecule has 0 bridgehead atoms. The summed E-state index contributed by atoms with van der Waals surface area (Å²) < 4.78 is 13.5. The Morgan fingerprint density at radius 2 is 2.00 bits per heavy atom. The van der Waals surface area contributed by atoms with Gasteiger partial charge in [0.05, 0.1) is 18.1 Å². The third-order valence-electron chi connectivity index (χ3n) is 3.04. The van der Waals surface area contributed by atoms with Gasteiger partial charge in [-0.2, -0.15) is 5.26 Å². The zero-order valence-corrected chi connectivity index (χ0v) is 11.0. The third kappa shape index (κ3) is 3.01. The second-order valence-electron chi connectivity index (χ2n) is 4.38. The lowest BCUT2D eigenvalue weighted by Gasteiger charge is -2.17. The van der Waals surface area contributed by atoms with E-state index in [1.165, 1.54) is 11.0 Å². The number of nitriles is 1. The molecule has 0 radical (unpaired) electrons. The van der Waals surface area contributed by atoms with Crippen LogP contribution in [0.1, 0.15) is 11.1 Å². The number of hydrogen-bond donors (Lipinski definition) is 0. The van der Waals surface area contributed by atoms with Gasteiger partial charge >= 0.3 is 0 Å². The molecule has 0 aromatic heterocycles. The molecule has 0 unspecified atom stereocenters. The van der Waals surface area contributed by atoms with Crippen molar-refractivity contribution < 1.29 is 9.18 Å². The number of anilines is 1. The number of hydrogen-bond acceptors (Lipinski definition) is 2. The van der Waals surface area contributed by atoms with Gasteiger partial charge in [-0.05, 0) is 29.8 Å². The van der Waals surface area contributed by atoms with Gasteiger partial charge in [0, 0.05) is 12.7 Å². The molecule has 0 spiro atoms. The Balaban J connectivity index is 2.17. The summed E-state index contributed by atoms with van der Waals surface area (Å²) in [6, 6.07) is 15.0. The van der Waals surface area contributed by atoms with Gasteiger partial charge in [0.2, 0.25) is 5.91 Å². The van der Waals surface area contributed by atoms with E-state index in [1.807, 2.05) is 6.07 Å². The van der Waals surface area contributed by atoms with E-state index in [2.05, 4.69) is 0 Å². The monoisotopic (exact) mass is 268 g/mol. The topological polar surface area (TPSA) is 44.1 Å². The average Bonchev–Trinajstić information content (AvgIpc) is 2.48. The summed E-state index contributed by atoms with van der Waals surface area (Å²) in [6.07, 6.45) is -0.0139. The Bertz CT molecular complexity index is 676. The molecule has 0 fully saturated rings. The van der Waals surface area contributed by atoms with Crippen LogP contribution in [-0.2, 0) is 11.2 Å². The predicted molar refractivity (Wildman–Crippen MR) is 74.7 cm³/mol. The molecule has 3 nitrogen and oxygen atoms in total. The normalized spacial score (nSPS) is 9.85. The van der Waals surface area contributed by atoms with Crippen LogP contribution in [0.3, 0.4) is 0 Å². The van der Waals surface area contributed by atoms with Gasteiger partial charge in [-0.3, -0.25) is 4.79 Å². The number of nitrogens with zero attached hydrogens (tertiary/aromatic N) is 2. The molecule has 0 N–H and O–H groups in total. The molecule has 0 aliphatic rings. The summed E-state index contributed by atoms with van der Waals surface area (Å²) in [6.45, 7) is 0. The molecule has 0 saturated heterocycles. The molecule has 2 aromatic carbocycles. The highest BCUT2D eigenvalue weighted by atomic mass is 19.1. The minimum atomic E-state index is -0.389. The van der Waals surface area contributed by atoms with Crippen LogP contribution in [0.2, 0.25) is 0 Å². The maximum absolute atomic E-state index is 13.5. The number of carbonyl (C=O) groups excluding carboxylic acids is 1. The van der Waals surface area contributed by atoms with Crippen LogP contribution in [-0.4, -0.2) is 13.0 Å². The highest BCUT2D eigenvalue weighted by Gasteiger charge is 2.14. The number of carbonyl (C=O) groups is 1. The largest absolute Gasteiger partial charge is 0.315 e. The van der Waals surface area contributed by atoms with Crippen molar-refractivity contribution in [3.05, 3.63) is 65.5 Å². The van der Waals surface area contributed by atoms with Crippen LogP contribution in [0.4, 0.5) is 10.1 Å². The molecule has 1 amide bonds. The van der Waals surface area contributed by atoms with Crippen LogP contribution < -0.4 is 4.90 Å². The lowest BCUT2D eigenvalue weighted by atomic mass is 10.1. The van der Waals surface area contributed by atoms with E-state index in [1.54, 1.807) is 49.5 Å². The molecule has 100 valence electrons. The zero-order chi connectivity index (χ0) is 14.5. The van der Waals surface area contributed by atoms with Gasteiger partial charge in [-0.25, -0.2) is 4.39 Å². The number of benzene rings is 2. The van der Waals surface area contributed by atoms with Gasteiger partial charge in [0.15, 0.2) is 0 Å². The van der Waals surface area contributed by atoms with E-state index in [9.17, 15) is 9.18 Å². The van der Waals surface area contributed by atoms with E-state index >= 15 is 0 Å². The van der Waals surface area contributed by atoms with Crippen LogP contribution in [0.15, 0.2) is 48.5 Å². The third-order valence-corrected chi connectivity index (χ3v) is 3.04. The van der Waals surface area contributed by atoms with E-state index in [0.717, 1.165) is 0 Å². The van der Waals surface area contributed by atoms with Gasteiger partial charge in [0.25, 0.3) is 0 Å². The van der Waals surface area contributed by atoms with Crippen molar-refractivity contribution in [1.29, 1.82) is 5.26 Å². The molecule has 2 rings (SSSR count). The smallest absolute Gasteiger partial charge is 0.231 e. The predicted octanol–water partition coefficient (Wildman–Crippen LogP) is 2.90. The molecular weight excluding hydrogens is 255 g/mol. The number of halogens is 1. The summed E-state index contributed by atoms with van der Waals surface area (Å²) in [5.41, 5.74) is 1.46. The standard InChI is InChI=1S/C16H13FN2O/c1-19(14-7-4-5-12(9-14)11-18)16(20)10-13-6-2-3-8-15(13)17/h2-9H,10H2,1H3. The average molecular weight is 268 g/mol. The molecule has 0 aliphatic carbocycles. The van der Waals surface area contributed by atoms with E-state index in [0.29, 0.717) is 16.8 Å². The SMILES string of the molecule is CN(C(=O)Cc1ccccc1F)c1cccc(C#N)c1. The van der Waals surface area contributed by atoms with E-state index < -0.39 is 0 Å². The quantitative estimate of drug-likeness (QED) is 0.859. The van der Waals surface area contributed by atoms with Crippen LogP contribution in [0.5, 0.6) is 0 Å². The molecule has 4 heteroatoms. The molecule has 0 heterocycles. The number of likely N-dealkylation sites (N-methyl/N-ethyl adjacent to an activating group) is 1. The number of amides is 1. The second-order valence-corrected chi connectivity index (χ2v) is 4.38. The van der Waals surface area contributed by atoms with Crippen molar-refractivity contribution in [2.75, 3.05) is 11.9 Å². The van der Waals surface area contributed by atoms with Crippen molar-refractivity contribution in [3.63, 3.8) is 0 Å². The van der Waals surface area contributed by atoms with Crippen molar-refractivity contribution in [3.8, 4) is 6.07 Å². The number of rotatable bonds is 3. The highest BCUT2D eigenvalue weighted by Crippen LogP contribution is 2.16. The molecule has 0 aliphatic heterocycles. The maximum Gasteiger partial charge on any atom is 0.231 e. The summed E-state index contributed by atoms with van der Waals surface area (Å²) >= 11 is 0. The molecule has 0 atom stereocenters. The fourth-order valence-electron chi connectivity index (χ4n) is 1.85. The van der Waals surface area contributed by atoms with Crippen LogP contribution >= 0.6 is 0 Å². The van der Waals surface area contributed by atoms with E-state index in [-0.39, 0.29) is 18.1 Å². The summed E-state index contributed by atoms with van der Waals surface area (Å²) in [7, 11) is 1.61. The van der Waals surface area contributed by atoms with Crippen molar-refractivity contribution in [2.24, 2.45) is 0 Å². The molecule has 2 aromatic rings. The minimum absolute atomic E-state index is 0.0139. The Kier molecular flexibility index (Phi) is 4.11. The van der Waals surface area contributed by atoms with E-state index in [4.69, 9.17) is 5.26 Å². The Morgan fingerprint density at radius 3 is 2.70 bits per heavy atom. The highest BCUT2D eigenvalue weighted by molar-refractivity contribution is 5.94. The Hall–Kier alpha value is -2.67. The van der Waals surface area contributed by atoms with Crippen molar-refractivity contribution >= 4 is 11.6 Å². The zero-order valence-electron chi connectivity index (χ0n) is 11.0. The van der Waals surface area contributed by atoms with Crippen LogP contribution in [0.25, 0.3) is 0 Å². The van der Waals surface area contributed by atoms with Crippen molar-refractivity contribution in [2.45, 2.75) is 6.42 Å². The van der Waals surface area contributed by atoms with Crippen molar-refractivity contribution in [1.82, 2.24) is 0 Å². The summed E-state index contributed by atoms with van der Waals surface area (Å²) in [5, 5.41) is 8.85. The lowest BCUT2D eigenvalue weighted by Crippen LogP contribution is -2.28. The fourth-order valence-corrected chi connectivity index (χ4v) is 1.85. The molecule has 20 heavy (non-hydrogen) atoms. The Labute approximate surface area is 116 Å². The summed E-state index contributed by atoms with van der Waals surface area (Å²) in [5.74, 6) is -0.620. The second kappa shape index (κ2) is 5.98. The first-order chi connectivity index (χ1) is 9.61. The molecule has 0 saturated carbocycles. The van der Waals surface area contributed by atoms with Gasteiger partial charge in [-0.1, -0.05) is 24.3 Å². The lowest BCUT2D eigenvalue weighted by molar-refractivity contribution is -0.117. The van der Waals surface area contributed by atoms with Crippen LogP contribution in [0, 0.1) is 17.1 Å².